The third-order valence-electron chi connectivity index (χ3n) is 15.7. The summed E-state index contributed by atoms with van der Waals surface area (Å²) in [6, 6.07) is 20.3. The lowest BCUT2D eigenvalue weighted by atomic mass is 9.99. The van der Waals surface area contributed by atoms with Crippen molar-refractivity contribution in [2.45, 2.75) is 93.2 Å². The molecule has 6 unspecified atom stereocenters. The second-order valence-corrected chi connectivity index (χ2v) is 26.7. The summed E-state index contributed by atoms with van der Waals surface area (Å²) >= 11 is 8.95. The standard InChI is InChI=1S/C14H13N3S.2C10H11F2N3S.C10H13N3OS.2C9H11N3OS/c15-9-13(14-16-6-8-18-14)17-7-5-11-3-1-2-4-12(11)10-17;11-10(12)1-4-15(5-2-10)8(7-13)9-14-3-6-16-9;11-10(12)1-3-15(4-2-10)9(5-13)8-6-16-7-14-8;11-6-10(9-7-15-8-12-9)13-2-1-4-14-5-3-13;10-7-8(9-11-1-6-14-9)12-2-4-13-5-3-12;10-5-8(9-6-11-7-14-9)12-1-3-13-4-2-12/h1-4,6,8,13H,5,7,10H2;3,6,8H,1-2,4-5H2;6-7,9H,1-4H2;7-8,10H,1-5H2;1,6,8H,2-5H2;6-8H,1-4H2. The number of rotatable bonds is 12. The lowest BCUT2D eigenvalue weighted by Gasteiger charge is -2.33. The predicted molar refractivity (Wildman–Crippen MR) is 347 cm³/mol. The van der Waals surface area contributed by atoms with Gasteiger partial charge in [-0.05, 0) is 24.0 Å². The van der Waals surface area contributed by atoms with Gasteiger partial charge in [0.05, 0.1) is 102 Å². The number of hydrogen-bond acceptors (Lipinski definition) is 27. The number of likely N-dealkylation sites (tertiary alicyclic amines) is 2. The number of halogens is 4. The van der Waals surface area contributed by atoms with Crippen molar-refractivity contribution in [3.05, 3.63) is 135 Å². The number of ether oxygens (including phenoxy) is 3. The Hall–Kier alpha value is -6.70. The molecule has 0 radical (unpaired) electrons. The molecule has 93 heavy (non-hydrogen) atoms. The summed E-state index contributed by atoms with van der Waals surface area (Å²) in [4.78, 5) is 37.9. The molecular weight excluding hydrogens is 1310 g/mol. The molecular formula is C62H70F4N18O3S6. The molecule has 13 rings (SSSR count). The largest absolute Gasteiger partial charge is 0.380 e. The van der Waals surface area contributed by atoms with Gasteiger partial charge < -0.3 is 14.2 Å². The number of nitrogens with zero attached hydrogens (tertiary/aromatic N) is 18. The highest BCUT2D eigenvalue weighted by Gasteiger charge is 2.39. The fourth-order valence-corrected chi connectivity index (χ4v) is 14.7. The van der Waals surface area contributed by atoms with E-state index in [1.54, 1.807) is 73.2 Å². The van der Waals surface area contributed by atoms with Crippen LogP contribution in [0.5, 0.6) is 0 Å². The molecule has 0 aliphatic carbocycles. The minimum absolute atomic E-state index is 0.147. The van der Waals surface area contributed by atoms with Crippen LogP contribution in [0.4, 0.5) is 17.6 Å². The van der Waals surface area contributed by atoms with Crippen LogP contribution in [-0.2, 0) is 27.2 Å². The minimum Gasteiger partial charge on any atom is -0.380 e. The number of piperidine rings is 2. The maximum absolute atomic E-state index is 13.0. The summed E-state index contributed by atoms with van der Waals surface area (Å²) in [5.41, 5.74) is 9.46. The Balaban J connectivity index is 0.000000144. The molecule has 5 fully saturated rings. The van der Waals surface area contributed by atoms with Crippen LogP contribution in [0.25, 0.3) is 0 Å². The molecule has 0 N–H and O–H groups in total. The quantitative estimate of drug-likeness (QED) is 0.103. The molecule has 0 spiro atoms. The first kappa shape index (κ1) is 72.1. The Morgan fingerprint density at radius 1 is 0.430 bits per heavy atom. The van der Waals surface area contributed by atoms with Gasteiger partial charge >= 0.3 is 0 Å². The third-order valence-corrected chi connectivity index (χ3v) is 20.3. The van der Waals surface area contributed by atoms with Crippen molar-refractivity contribution in [2.75, 3.05) is 112 Å². The molecule has 6 aromatic heterocycles. The topological polar surface area (TPSA) is 267 Å². The normalized spacial score (nSPS) is 20.4. The number of benzene rings is 1. The molecule has 1 aromatic carbocycles. The lowest BCUT2D eigenvalue weighted by molar-refractivity contribution is -0.0601. The Kier molecular flexibility index (Phi) is 29.5. The van der Waals surface area contributed by atoms with Gasteiger partial charge in [-0.2, -0.15) is 31.6 Å². The van der Waals surface area contributed by atoms with Crippen LogP contribution >= 0.6 is 68.0 Å². The zero-order valence-corrected chi connectivity index (χ0v) is 55.8. The predicted octanol–water partition coefficient (Wildman–Crippen LogP) is 11.2. The molecule has 12 heterocycles. The minimum atomic E-state index is -2.57. The fourth-order valence-electron chi connectivity index (χ4n) is 10.7. The highest BCUT2D eigenvalue weighted by Crippen LogP contribution is 2.35. The van der Waals surface area contributed by atoms with Crippen molar-refractivity contribution in [3.8, 4) is 36.4 Å². The second kappa shape index (κ2) is 38.0. The first-order valence-corrected chi connectivity index (χ1v) is 35.5. The Morgan fingerprint density at radius 2 is 0.828 bits per heavy atom. The first-order valence-electron chi connectivity index (χ1n) is 30.1. The van der Waals surface area contributed by atoms with Crippen LogP contribution in [-0.4, -0.2) is 183 Å². The molecule has 490 valence electrons. The van der Waals surface area contributed by atoms with Crippen molar-refractivity contribution >= 4 is 68.0 Å². The van der Waals surface area contributed by atoms with Crippen LogP contribution in [0.2, 0.25) is 0 Å². The molecule has 6 aliphatic heterocycles. The number of hydrogen-bond donors (Lipinski definition) is 0. The van der Waals surface area contributed by atoms with Gasteiger partial charge in [-0.25, -0.2) is 42.5 Å². The van der Waals surface area contributed by atoms with Gasteiger partial charge in [0, 0.05) is 163 Å². The van der Waals surface area contributed by atoms with E-state index in [4.69, 9.17) is 35.3 Å². The molecule has 5 saturated heterocycles. The van der Waals surface area contributed by atoms with E-state index >= 15 is 0 Å². The molecule has 31 heteroatoms. The van der Waals surface area contributed by atoms with Crippen LogP contribution in [0, 0.1) is 68.0 Å². The van der Waals surface area contributed by atoms with Gasteiger partial charge in [-0.1, -0.05) is 24.3 Å². The van der Waals surface area contributed by atoms with Crippen molar-refractivity contribution in [1.29, 1.82) is 31.6 Å². The fraction of sp³-hybridized carbons (Fsp3) is 0.516. The van der Waals surface area contributed by atoms with Gasteiger partial charge in [-0.15, -0.1) is 68.0 Å². The van der Waals surface area contributed by atoms with E-state index in [1.165, 1.54) is 67.8 Å². The molecule has 6 aliphatic rings. The van der Waals surface area contributed by atoms with Crippen LogP contribution in [0.15, 0.2) is 92.5 Å². The summed E-state index contributed by atoms with van der Waals surface area (Å²) in [6.07, 6.45) is 8.23. The average Bonchev–Trinajstić information content (AvgIpc) is 1.71. The number of morpholine rings is 2. The molecule has 6 atom stereocenters. The van der Waals surface area contributed by atoms with Gasteiger partial charge in [-0.3, -0.25) is 34.4 Å². The molecule has 7 aromatic rings. The van der Waals surface area contributed by atoms with Gasteiger partial charge in [0.2, 0.25) is 0 Å². The maximum atomic E-state index is 13.0. The number of fused-ring (bicyclic) bond motifs is 1. The Labute approximate surface area is 563 Å². The van der Waals surface area contributed by atoms with Gasteiger partial charge in [0.15, 0.2) is 18.1 Å². The molecule has 21 nitrogen and oxygen atoms in total. The molecule has 0 bridgehead atoms. The second-order valence-electron chi connectivity index (χ2n) is 21.6. The van der Waals surface area contributed by atoms with Crippen molar-refractivity contribution in [2.24, 2.45) is 0 Å². The number of thiazole rings is 6. The zero-order chi connectivity index (χ0) is 65.7. The van der Waals surface area contributed by atoms with Crippen molar-refractivity contribution < 1.29 is 31.8 Å². The van der Waals surface area contributed by atoms with E-state index in [2.05, 4.69) is 110 Å². The lowest BCUT2D eigenvalue weighted by Crippen LogP contribution is -2.41. The Morgan fingerprint density at radius 3 is 1.23 bits per heavy atom. The summed E-state index contributed by atoms with van der Waals surface area (Å²) < 4.78 is 67.7. The van der Waals surface area contributed by atoms with E-state index in [0.717, 1.165) is 106 Å². The summed E-state index contributed by atoms with van der Waals surface area (Å²) in [5.74, 6) is -5.14. The number of nitriles is 6. The monoisotopic (exact) mass is 1380 g/mol. The average molecular weight is 1380 g/mol. The summed E-state index contributed by atoms with van der Waals surface area (Å²) in [6.45, 7) is 12.2. The van der Waals surface area contributed by atoms with E-state index in [-0.39, 0.29) is 76.0 Å². The SMILES string of the molecule is N#CC(c1cncs1)N1CCOCC1.N#CC(c1cscn1)N1CCC(F)(F)CC1.N#CC(c1cscn1)N1CCCOCC1.N#CC(c1nccs1)N1CCC(F)(F)CC1.N#CC(c1nccs1)N1CCOCC1.N#CC(c1nccs1)N1CCc2ccccc2C1. The van der Waals surface area contributed by atoms with E-state index in [0.29, 0.717) is 30.5 Å². The van der Waals surface area contributed by atoms with Crippen molar-refractivity contribution in [3.63, 3.8) is 0 Å². The summed E-state index contributed by atoms with van der Waals surface area (Å²) in [5, 5.41) is 66.7. The highest BCUT2D eigenvalue weighted by molar-refractivity contribution is 7.10. The van der Waals surface area contributed by atoms with Gasteiger partial charge in [0.1, 0.15) is 33.1 Å². The number of aromatic nitrogens is 6. The van der Waals surface area contributed by atoms with E-state index in [1.807, 2.05) is 16.1 Å². The maximum Gasteiger partial charge on any atom is 0.250 e. The smallest absolute Gasteiger partial charge is 0.250 e. The van der Waals surface area contributed by atoms with E-state index < -0.39 is 23.9 Å². The summed E-state index contributed by atoms with van der Waals surface area (Å²) in [7, 11) is 0. The first-order chi connectivity index (χ1) is 45.4. The van der Waals surface area contributed by atoms with Crippen LogP contribution < -0.4 is 0 Å². The number of alkyl halides is 4. The molecule has 0 saturated carbocycles. The van der Waals surface area contributed by atoms with Gasteiger partial charge in [0.25, 0.3) is 11.8 Å². The van der Waals surface area contributed by atoms with Crippen LogP contribution in [0.1, 0.15) is 111 Å². The van der Waals surface area contributed by atoms with E-state index in [9.17, 15) is 28.1 Å². The van der Waals surface area contributed by atoms with Crippen LogP contribution in [0.3, 0.4) is 0 Å². The highest BCUT2D eigenvalue weighted by atomic mass is 32.1. The van der Waals surface area contributed by atoms with Crippen molar-refractivity contribution in [1.82, 2.24) is 59.3 Å². The third kappa shape index (κ3) is 21.9. The zero-order valence-electron chi connectivity index (χ0n) is 50.9. The Bertz CT molecular complexity index is 3320. The molecule has 0 amide bonds.